The molecule has 19 heavy (non-hydrogen) atoms. The molecule has 3 nitrogen and oxygen atoms in total. The van der Waals surface area contributed by atoms with Gasteiger partial charge >= 0.3 is 0 Å². The molecular weight excluding hydrogens is 236 g/mol. The van der Waals surface area contributed by atoms with E-state index < -0.39 is 0 Å². The highest BCUT2D eigenvalue weighted by Crippen LogP contribution is 2.33. The smallest absolute Gasteiger partial charge is 0.0589 e. The fourth-order valence-electron chi connectivity index (χ4n) is 3.07. The molecule has 0 aliphatic carbocycles. The molecule has 106 valence electrons. The summed E-state index contributed by atoms with van der Waals surface area (Å²) in [5, 5.41) is 0. The maximum absolute atomic E-state index is 6.35. The summed E-state index contributed by atoms with van der Waals surface area (Å²) in [5.41, 5.74) is 11.8. The van der Waals surface area contributed by atoms with Crippen LogP contribution in [0.5, 0.6) is 0 Å². The van der Waals surface area contributed by atoms with Crippen molar-refractivity contribution in [1.29, 1.82) is 0 Å². The second-order valence-electron chi connectivity index (χ2n) is 5.72. The number of nitrogens with zero attached hydrogens (tertiary/aromatic N) is 1. The van der Waals surface area contributed by atoms with Crippen molar-refractivity contribution in [3.8, 4) is 0 Å². The predicted molar refractivity (Wildman–Crippen MR) is 79.4 cm³/mol. The molecule has 2 atom stereocenters. The second kappa shape index (κ2) is 6.04. The van der Waals surface area contributed by atoms with Crippen LogP contribution in [0.1, 0.15) is 34.7 Å². The van der Waals surface area contributed by atoms with E-state index in [1.807, 2.05) is 0 Å². The molecule has 1 saturated heterocycles. The largest absolute Gasteiger partial charge is 0.383 e. The van der Waals surface area contributed by atoms with Gasteiger partial charge in [-0.3, -0.25) is 4.90 Å². The molecular formula is C16H26N2O. The number of likely N-dealkylation sites (tertiary alicyclic amines) is 1. The molecule has 0 amide bonds. The van der Waals surface area contributed by atoms with Crippen LogP contribution in [0, 0.1) is 20.8 Å². The van der Waals surface area contributed by atoms with Crippen molar-refractivity contribution in [2.24, 2.45) is 5.73 Å². The zero-order valence-electron chi connectivity index (χ0n) is 12.6. The minimum atomic E-state index is 0.234. The van der Waals surface area contributed by atoms with Crippen molar-refractivity contribution < 1.29 is 4.74 Å². The van der Waals surface area contributed by atoms with Crippen LogP contribution >= 0.6 is 0 Å². The second-order valence-corrected chi connectivity index (χ2v) is 5.72. The number of hydrogen-bond acceptors (Lipinski definition) is 3. The van der Waals surface area contributed by atoms with E-state index in [0.717, 1.165) is 26.1 Å². The molecule has 2 N–H and O–H groups in total. The zero-order chi connectivity index (χ0) is 14.0. The molecule has 0 spiro atoms. The predicted octanol–water partition coefficient (Wildman–Crippen LogP) is 2.33. The summed E-state index contributed by atoms with van der Waals surface area (Å²) in [6.45, 7) is 9.35. The number of methoxy groups -OCH3 is 1. The standard InChI is InChI=1S/C16H26N2O/c1-11-9-13(3)14(10-12(11)2)16-15(17)5-6-18(16)7-8-19-4/h9-10,15-16H,5-8,17H2,1-4H3. The van der Waals surface area contributed by atoms with Gasteiger partial charge in [0.2, 0.25) is 0 Å². The third-order valence-electron chi connectivity index (χ3n) is 4.33. The quantitative estimate of drug-likeness (QED) is 0.905. The molecule has 1 fully saturated rings. The number of benzene rings is 1. The van der Waals surface area contributed by atoms with Gasteiger partial charge in [-0.2, -0.15) is 0 Å². The average Bonchev–Trinajstić information content (AvgIpc) is 2.73. The van der Waals surface area contributed by atoms with Crippen LogP contribution in [0.15, 0.2) is 12.1 Å². The van der Waals surface area contributed by atoms with E-state index in [2.05, 4.69) is 37.8 Å². The Morgan fingerprint density at radius 1 is 1.21 bits per heavy atom. The lowest BCUT2D eigenvalue weighted by atomic mass is 9.92. The Morgan fingerprint density at radius 2 is 1.89 bits per heavy atom. The number of nitrogens with two attached hydrogens (primary N) is 1. The van der Waals surface area contributed by atoms with E-state index >= 15 is 0 Å². The number of hydrogen-bond donors (Lipinski definition) is 1. The molecule has 1 aromatic carbocycles. The zero-order valence-corrected chi connectivity index (χ0v) is 12.6. The van der Waals surface area contributed by atoms with Gasteiger partial charge in [0.15, 0.2) is 0 Å². The molecule has 0 aromatic heterocycles. The topological polar surface area (TPSA) is 38.5 Å². The summed E-state index contributed by atoms with van der Waals surface area (Å²) in [6, 6.07) is 5.18. The molecule has 1 aliphatic heterocycles. The van der Waals surface area contributed by atoms with Gasteiger partial charge in [-0.25, -0.2) is 0 Å². The van der Waals surface area contributed by atoms with Crippen LogP contribution in [0.4, 0.5) is 0 Å². The van der Waals surface area contributed by atoms with Gasteiger partial charge < -0.3 is 10.5 Å². The van der Waals surface area contributed by atoms with Crippen molar-refractivity contribution in [2.75, 3.05) is 26.8 Å². The highest BCUT2D eigenvalue weighted by Gasteiger charge is 2.33. The Balaban J connectivity index is 2.29. The number of aryl methyl sites for hydroxylation is 3. The lowest BCUT2D eigenvalue weighted by Gasteiger charge is -2.28. The van der Waals surface area contributed by atoms with Gasteiger partial charge in [0.1, 0.15) is 0 Å². The molecule has 0 bridgehead atoms. The number of ether oxygens (including phenoxy) is 1. The Labute approximate surface area is 116 Å². The first-order chi connectivity index (χ1) is 9.04. The normalized spacial score (nSPS) is 24.1. The first-order valence-electron chi connectivity index (χ1n) is 7.11. The molecule has 2 rings (SSSR count). The minimum absolute atomic E-state index is 0.234. The Morgan fingerprint density at radius 3 is 2.58 bits per heavy atom. The molecule has 1 heterocycles. The maximum Gasteiger partial charge on any atom is 0.0589 e. The third-order valence-corrected chi connectivity index (χ3v) is 4.33. The van der Waals surface area contributed by atoms with Crippen LogP contribution in [-0.4, -0.2) is 37.7 Å². The summed E-state index contributed by atoms with van der Waals surface area (Å²) < 4.78 is 5.21. The monoisotopic (exact) mass is 262 g/mol. The van der Waals surface area contributed by atoms with E-state index in [1.54, 1.807) is 7.11 Å². The lowest BCUT2D eigenvalue weighted by molar-refractivity contribution is 0.139. The molecule has 0 radical (unpaired) electrons. The molecule has 1 aromatic rings. The van der Waals surface area contributed by atoms with E-state index in [0.29, 0.717) is 6.04 Å². The molecule has 0 saturated carbocycles. The maximum atomic E-state index is 6.35. The van der Waals surface area contributed by atoms with Gasteiger partial charge in [0, 0.05) is 26.2 Å². The van der Waals surface area contributed by atoms with Gasteiger partial charge in [0.05, 0.1) is 12.6 Å². The van der Waals surface area contributed by atoms with Crippen LogP contribution in [0.2, 0.25) is 0 Å². The van der Waals surface area contributed by atoms with Crippen molar-refractivity contribution in [3.63, 3.8) is 0 Å². The highest BCUT2D eigenvalue weighted by molar-refractivity contribution is 5.39. The van der Waals surface area contributed by atoms with E-state index in [9.17, 15) is 0 Å². The van der Waals surface area contributed by atoms with Crippen LogP contribution < -0.4 is 5.73 Å². The van der Waals surface area contributed by atoms with Crippen molar-refractivity contribution in [3.05, 3.63) is 34.4 Å². The van der Waals surface area contributed by atoms with Gasteiger partial charge in [0.25, 0.3) is 0 Å². The van der Waals surface area contributed by atoms with Crippen molar-refractivity contribution in [2.45, 2.75) is 39.3 Å². The van der Waals surface area contributed by atoms with E-state index in [-0.39, 0.29) is 6.04 Å². The summed E-state index contributed by atoms with van der Waals surface area (Å²) in [4.78, 5) is 2.46. The molecule has 2 unspecified atom stereocenters. The van der Waals surface area contributed by atoms with E-state index in [4.69, 9.17) is 10.5 Å². The summed E-state index contributed by atoms with van der Waals surface area (Å²) >= 11 is 0. The minimum Gasteiger partial charge on any atom is -0.383 e. The van der Waals surface area contributed by atoms with Crippen LogP contribution in [0.25, 0.3) is 0 Å². The fourth-order valence-corrected chi connectivity index (χ4v) is 3.07. The Kier molecular flexibility index (Phi) is 4.61. The van der Waals surface area contributed by atoms with Crippen LogP contribution in [0.3, 0.4) is 0 Å². The van der Waals surface area contributed by atoms with E-state index in [1.165, 1.54) is 22.3 Å². The van der Waals surface area contributed by atoms with Gasteiger partial charge in [-0.15, -0.1) is 0 Å². The molecule has 3 heteroatoms. The summed E-state index contributed by atoms with van der Waals surface area (Å²) in [6.07, 6.45) is 1.07. The van der Waals surface area contributed by atoms with Crippen molar-refractivity contribution >= 4 is 0 Å². The lowest BCUT2D eigenvalue weighted by Crippen LogP contribution is -2.34. The average molecular weight is 262 g/mol. The first kappa shape index (κ1) is 14.5. The van der Waals surface area contributed by atoms with Gasteiger partial charge in [-0.1, -0.05) is 12.1 Å². The first-order valence-corrected chi connectivity index (χ1v) is 7.11. The number of rotatable bonds is 4. The highest BCUT2D eigenvalue weighted by atomic mass is 16.5. The van der Waals surface area contributed by atoms with Crippen LogP contribution in [-0.2, 0) is 4.74 Å². The van der Waals surface area contributed by atoms with Gasteiger partial charge in [-0.05, 0) is 49.4 Å². The summed E-state index contributed by atoms with van der Waals surface area (Å²) in [5.74, 6) is 0. The van der Waals surface area contributed by atoms with Crippen molar-refractivity contribution in [1.82, 2.24) is 4.90 Å². The Bertz CT molecular complexity index is 445. The summed E-state index contributed by atoms with van der Waals surface area (Å²) in [7, 11) is 1.76. The third kappa shape index (κ3) is 2.99. The Hall–Kier alpha value is -0.900. The SMILES string of the molecule is COCCN1CCC(N)C1c1cc(C)c(C)cc1C. The molecule has 1 aliphatic rings. The fraction of sp³-hybridized carbons (Fsp3) is 0.625.